The number of hydrogen-bond donors (Lipinski definition) is 2. The zero-order chi connectivity index (χ0) is 57.1. The van der Waals surface area contributed by atoms with E-state index in [1.807, 2.05) is 48.5 Å². The standard InChI is InChI=1S/C62H57F4N9O6/c1-61(2,21-19-36-26-46(63)48(65)28-42(36)34-15-17-50-44(24-34)53(71-58(67)69-50)55(76)73-30-38-10-5-6-11-39(38)31-73)80-57(78)52-14-9-23-75(52)60(79)81-62(3,4)22-20-37-27-47(64)49(66)29-43(37)35-16-18-51-45(25-35)54(72-59(68)70-51)56(77)74-32-40-12-7-8-13-41(40)33-74/h5-8,10-13,15-18,24-29,52H,9,14,19-23,30-33H2,1-4H3,(H2,67,69,71)(H2,68,70,72)/t52-/m0/s1. The third kappa shape index (κ3) is 11.0. The summed E-state index contributed by atoms with van der Waals surface area (Å²) in [6.07, 6.45) is 0.584. The van der Waals surface area contributed by atoms with Gasteiger partial charge in [-0.05, 0) is 170 Å². The summed E-state index contributed by atoms with van der Waals surface area (Å²) in [7, 11) is 0. The minimum atomic E-state index is -1.18. The molecule has 15 nitrogen and oxygen atoms in total. The molecular formula is C62H57F4N9O6. The van der Waals surface area contributed by atoms with Gasteiger partial charge in [-0.25, -0.2) is 47.1 Å². The molecule has 0 radical (unpaired) electrons. The highest BCUT2D eigenvalue weighted by molar-refractivity contribution is 6.07. The molecule has 0 saturated carbocycles. The molecule has 3 aliphatic rings. The summed E-state index contributed by atoms with van der Waals surface area (Å²) in [5.74, 6) is -5.88. The summed E-state index contributed by atoms with van der Waals surface area (Å²) < 4.78 is 72.5. The number of hydrogen-bond acceptors (Lipinski definition) is 12. The van der Waals surface area contributed by atoms with Crippen molar-refractivity contribution in [1.29, 1.82) is 0 Å². The zero-order valence-electron chi connectivity index (χ0n) is 45.0. The molecule has 8 aromatic rings. The number of likely N-dealkylation sites (tertiary alicyclic amines) is 1. The molecule has 11 rings (SSSR count). The van der Waals surface area contributed by atoms with Gasteiger partial charge in [0.2, 0.25) is 11.9 Å². The molecule has 6 aromatic carbocycles. The number of benzene rings is 6. The average Bonchev–Trinajstić information content (AvgIpc) is 4.34. The Bertz CT molecular complexity index is 3590. The van der Waals surface area contributed by atoms with Gasteiger partial charge in [0.1, 0.15) is 28.6 Å². The Morgan fingerprint density at radius 1 is 0.556 bits per heavy atom. The number of carbonyl (C=O) groups is 4. The largest absolute Gasteiger partial charge is 0.458 e. The second kappa shape index (κ2) is 21.2. The van der Waals surface area contributed by atoms with Gasteiger partial charge in [0.05, 0.1) is 11.0 Å². The molecule has 0 spiro atoms. The van der Waals surface area contributed by atoms with E-state index in [0.29, 0.717) is 94.2 Å². The molecule has 5 heterocycles. The van der Waals surface area contributed by atoms with Crippen molar-refractivity contribution in [2.24, 2.45) is 0 Å². The summed E-state index contributed by atoms with van der Waals surface area (Å²) in [5, 5.41) is 0.754. The number of nitrogens with zero attached hydrogens (tertiary/aromatic N) is 7. The smallest absolute Gasteiger partial charge is 0.411 e. The first-order valence-electron chi connectivity index (χ1n) is 26.7. The Balaban J connectivity index is 0.754. The van der Waals surface area contributed by atoms with Crippen molar-refractivity contribution < 1.29 is 46.2 Å². The zero-order valence-corrected chi connectivity index (χ0v) is 45.0. The van der Waals surface area contributed by atoms with Crippen LogP contribution in [0.2, 0.25) is 0 Å². The second-order valence-corrected chi connectivity index (χ2v) is 22.2. The number of ether oxygens (including phenoxy) is 2. The van der Waals surface area contributed by atoms with Gasteiger partial charge in [-0.1, -0.05) is 60.7 Å². The van der Waals surface area contributed by atoms with Gasteiger partial charge in [-0.15, -0.1) is 0 Å². The molecule has 1 atom stereocenters. The fourth-order valence-electron chi connectivity index (χ4n) is 11.2. The number of esters is 1. The first kappa shape index (κ1) is 54.0. The molecule has 0 bridgehead atoms. The van der Waals surface area contributed by atoms with E-state index in [4.69, 9.17) is 20.9 Å². The lowest BCUT2D eigenvalue weighted by atomic mass is 9.91. The van der Waals surface area contributed by atoms with Crippen molar-refractivity contribution in [2.45, 2.75) is 110 Å². The number of aryl methyl sites for hydroxylation is 2. The summed E-state index contributed by atoms with van der Waals surface area (Å²) in [5.41, 5.74) is 17.2. The normalized spacial score (nSPS) is 15.1. The molecule has 3 amide bonds. The summed E-state index contributed by atoms with van der Waals surface area (Å²) >= 11 is 0. The van der Waals surface area contributed by atoms with E-state index in [9.17, 15) is 19.2 Å². The highest BCUT2D eigenvalue weighted by atomic mass is 19.2. The van der Waals surface area contributed by atoms with Crippen LogP contribution in [0.25, 0.3) is 44.1 Å². The summed E-state index contributed by atoms with van der Waals surface area (Å²) in [6.45, 7) is 8.49. The van der Waals surface area contributed by atoms with Gasteiger partial charge >= 0.3 is 12.1 Å². The number of aromatic nitrogens is 4. The number of anilines is 2. The van der Waals surface area contributed by atoms with E-state index in [2.05, 4.69) is 19.9 Å². The van der Waals surface area contributed by atoms with Gasteiger partial charge in [-0.3, -0.25) is 14.5 Å². The van der Waals surface area contributed by atoms with E-state index in [1.165, 1.54) is 4.90 Å². The van der Waals surface area contributed by atoms with Crippen LogP contribution < -0.4 is 11.5 Å². The van der Waals surface area contributed by atoms with Gasteiger partial charge < -0.3 is 30.7 Å². The monoisotopic (exact) mass is 1100 g/mol. The van der Waals surface area contributed by atoms with Gasteiger partial charge in [-0.2, -0.15) is 0 Å². The van der Waals surface area contributed by atoms with Crippen molar-refractivity contribution in [3.8, 4) is 22.3 Å². The second-order valence-electron chi connectivity index (χ2n) is 22.2. The minimum absolute atomic E-state index is 0.0733. The Morgan fingerprint density at radius 3 is 1.40 bits per heavy atom. The quantitative estimate of drug-likeness (QED) is 0.0819. The number of nitrogens with two attached hydrogens (primary N) is 2. The molecule has 0 unspecified atom stereocenters. The molecule has 0 aliphatic carbocycles. The van der Waals surface area contributed by atoms with Crippen molar-refractivity contribution in [1.82, 2.24) is 34.6 Å². The van der Waals surface area contributed by atoms with Crippen LogP contribution in [0.5, 0.6) is 0 Å². The fourth-order valence-corrected chi connectivity index (χ4v) is 11.2. The van der Waals surface area contributed by atoms with Gasteiger partial charge in [0.25, 0.3) is 11.8 Å². The maximum absolute atomic E-state index is 15.1. The molecule has 1 fully saturated rings. The maximum atomic E-state index is 15.1. The lowest BCUT2D eigenvalue weighted by Gasteiger charge is -2.32. The van der Waals surface area contributed by atoms with Crippen molar-refractivity contribution in [2.75, 3.05) is 18.0 Å². The number of fused-ring (bicyclic) bond motifs is 4. The molecule has 81 heavy (non-hydrogen) atoms. The number of nitrogen functional groups attached to an aromatic ring is 2. The Hall–Kier alpha value is -9.00. The van der Waals surface area contributed by atoms with Crippen LogP contribution in [0.3, 0.4) is 0 Å². The lowest BCUT2D eigenvalue weighted by Crippen LogP contribution is -2.46. The summed E-state index contributed by atoms with van der Waals surface area (Å²) in [6, 6.07) is 28.9. The Kier molecular flexibility index (Phi) is 14.2. The van der Waals surface area contributed by atoms with Crippen LogP contribution in [0.4, 0.5) is 34.3 Å². The molecule has 4 N–H and O–H groups in total. The third-order valence-electron chi connectivity index (χ3n) is 15.5. The molecule has 19 heteroatoms. The van der Waals surface area contributed by atoms with Gasteiger partial charge in [0, 0.05) is 43.5 Å². The van der Waals surface area contributed by atoms with Crippen LogP contribution in [-0.4, -0.2) is 82.3 Å². The Labute approximate surface area is 463 Å². The fraction of sp³-hybridized carbons (Fsp3) is 0.290. The van der Waals surface area contributed by atoms with E-state index < -0.39 is 52.6 Å². The van der Waals surface area contributed by atoms with Crippen LogP contribution >= 0.6 is 0 Å². The van der Waals surface area contributed by atoms with Crippen molar-refractivity contribution >= 4 is 57.6 Å². The predicted molar refractivity (Wildman–Crippen MR) is 296 cm³/mol. The molecular weight excluding hydrogens is 1040 g/mol. The average molecular weight is 1100 g/mol. The third-order valence-corrected chi connectivity index (χ3v) is 15.5. The minimum Gasteiger partial charge on any atom is -0.458 e. The Morgan fingerprint density at radius 2 is 0.963 bits per heavy atom. The van der Waals surface area contributed by atoms with Crippen molar-refractivity contribution in [3.05, 3.63) is 177 Å². The van der Waals surface area contributed by atoms with Gasteiger partial charge in [0.15, 0.2) is 23.3 Å². The van der Waals surface area contributed by atoms with Crippen molar-refractivity contribution in [3.63, 3.8) is 0 Å². The first-order valence-corrected chi connectivity index (χ1v) is 26.7. The van der Waals surface area contributed by atoms with E-state index >= 15 is 17.6 Å². The molecule has 3 aliphatic heterocycles. The maximum Gasteiger partial charge on any atom is 0.411 e. The van der Waals surface area contributed by atoms with Crippen LogP contribution in [0, 0.1) is 23.3 Å². The molecule has 1 saturated heterocycles. The molecule has 2 aromatic heterocycles. The number of carbonyl (C=O) groups excluding carboxylic acids is 4. The van der Waals surface area contributed by atoms with Crippen LogP contribution in [-0.2, 0) is 53.3 Å². The number of halogens is 4. The van der Waals surface area contributed by atoms with E-state index in [1.54, 1.807) is 73.9 Å². The molecule has 414 valence electrons. The number of rotatable bonds is 13. The topological polar surface area (TPSA) is 200 Å². The SMILES string of the molecule is CC(C)(CCc1cc(F)c(F)cc1-c1ccc2nc(N)nc(C(=O)N3Cc4ccccc4C3)c2c1)OC(=O)[C@@H]1CCCN1C(=O)OC(C)(C)CCc1cc(F)c(F)cc1-c1ccc2nc(N)nc(C(=O)N3Cc4ccccc4C3)c2c1. The highest BCUT2D eigenvalue weighted by Gasteiger charge is 2.41. The number of amides is 3. The lowest BCUT2D eigenvalue weighted by molar-refractivity contribution is -0.162. The van der Waals surface area contributed by atoms with E-state index in [-0.39, 0.29) is 67.3 Å². The predicted octanol–water partition coefficient (Wildman–Crippen LogP) is 11.2. The summed E-state index contributed by atoms with van der Waals surface area (Å²) in [4.78, 5) is 78.1. The van der Waals surface area contributed by atoms with Crippen LogP contribution in [0.15, 0.2) is 109 Å². The first-order chi connectivity index (χ1) is 38.7. The van der Waals surface area contributed by atoms with E-state index in [0.717, 1.165) is 46.5 Å². The van der Waals surface area contributed by atoms with Crippen LogP contribution in [0.1, 0.15) is 108 Å². The highest BCUT2D eigenvalue weighted by Crippen LogP contribution is 2.37.